The molecule has 1 N–H and O–H groups in total. The average molecular weight is 255 g/mol. The van der Waals surface area contributed by atoms with Crippen LogP contribution in [-0.4, -0.2) is 23.1 Å². The first-order valence-corrected chi connectivity index (χ1v) is 6.64. The number of hydrogen-bond donors (Lipinski definition) is 1. The molecule has 0 radical (unpaired) electrons. The van der Waals surface area contributed by atoms with Crippen molar-refractivity contribution in [2.45, 2.75) is 19.4 Å². The van der Waals surface area contributed by atoms with Crippen LogP contribution in [0.2, 0.25) is 0 Å². The van der Waals surface area contributed by atoms with E-state index in [9.17, 15) is 0 Å². The lowest BCUT2D eigenvalue weighted by Crippen LogP contribution is -2.25. The van der Waals surface area contributed by atoms with Crippen LogP contribution in [0.3, 0.4) is 0 Å². The zero-order valence-electron chi connectivity index (χ0n) is 10.8. The number of ether oxygens (including phenoxy) is 1. The first kappa shape index (κ1) is 12.1. The Morgan fingerprint density at radius 2 is 2.11 bits per heavy atom. The summed E-state index contributed by atoms with van der Waals surface area (Å²) in [6.07, 6.45) is 3.67. The van der Waals surface area contributed by atoms with Crippen molar-refractivity contribution < 1.29 is 4.74 Å². The van der Waals surface area contributed by atoms with Crippen molar-refractivity contribution in [2.24, 2.45) is 0 Å². The molecule has 0 amide bonds. The number of para-hydroxylation sites is 1. The summed E-state index contributed by atoms with van der Waals surface area (Å²) >= 11 is 0. The van der Waals surface area contributed by atoms with Gasteiger partial charge in [0.25, 0.3) is 0 Å². The normalized spacial score (nSPS) is 13.9. The SMILES string of the molecule is c1ccc(OCCc2ncc3c(n2)CCNC3)cc1. The molecule has 0 spiro atoms. The highest BCUT2D eigenvalue weighted by Crippen LogP contribution is 2.11. The summed E-state index contributed by atoms with van der Waals surface area (Å²) in [4.78, 5) is 9.01. The Kier molecular flexibility index (Phi) is 3.70. The number of hydrogen-bond acceptors (Lipinski definition) is 4. The fourth-order valence-corrected chi connectivity index (χ4v) is 2.17. The Balaban J connectivity index is 1.58. The van der Waals surface area contributed by atoms with Crippen LogP contribution >= 0.6 is 0 Å². The zero-order valence-corrected chi connectivity index (χ0v) is 10.8. The van der Waals surface area contributed by atoms with Crippen LogP contribution in [0.4, 0.5) is 0 Å². The van der Waals surface area contributed by atoms with Crippen molar-refractivity contribution >= 4 is 0 Å². The highest BCUT2D eigenvalue weighted by Gasteiger charge is 2.11. The van der Waals surface area contributed by atoms with Crippen LogP contribution in [0, 0.1) is 0 Å². The Labute approximate surface area is 112 Å². The molecule has 19 heavy (non-hydrogen) atoms. The predicted octanol–water partition coefficient (Wildman–Crippen LogP) is 1.74. The fourth-order valence-electron chi connectivity index (χ4n) is 2.17. The van der Waals surface area contributed by atoms with E-state index in [-0.39, 0.29) is 0 Å². The van der Waals surface area contributed by atoms with Gasteiger partial charge in [-0.1, -0.05) is 18.2 Å². The number of rotatable bonds is 4. The first-order valence-electron chi connectivity index (χ1n) is 6.64. The van der Waals surface area contributed by atoms with Crippen LogP contribution in [0.1, 0.15) is 17.1 Å². The third-order valence-electron chi connectivity index (χ3n) is 3.20. The molecule has 0 aliphatic carbocycles. The number of aromatic nitrogens is 2. The minimum Gasteiger partial charge on any atom is -0.493 e. The molecular formula is C15H17N3O. The van der Waals surface area contributed by atoms with Crippen LogP contribution in [0.15, 0.2) is 36.5 Å². The van der Waals surface area contributed by atoms with E-state index in [1.54, 1.807) is 0 Å². The highest BCUT2D eigenvalue weighted by molar-refractivity contribution is 5.22. The molecular weight excluding hydrogens is 238 g/mol. The second-order valence-electron chi connectivity index (χ2n) is 4.60. The van der Waals surface area contributed by atoms with Crippen LogP contribution < -0.4 is 10.1 Å². The smallest absolute Gasteiger partial charge is 0.131 e. The average Bonchev–Trinajstić information content (AvgIpc) is 2.48. The molecule has 0 unspecified atom stereocenters. The van der Waals surface area contributed by atoms with E-state index >= 15 is 0 Å². The van der Waals surface area contributed by atoms with Crippen molar-refractivity contribution in [3.05, 3.63) is 53.6 Å². The predicted molar refractivity (Wildman–Crippen MR) is 73.1 cm³/mol. The maximum absolute atomic E-state index is 5.66. The molecule has 1 aromatic heterocycles. The maximum Gasteiger partial charge on any atom is 0.131 e. The van der Waals surface area contributed by atoms with Gasteiger partial charge >= 0.3 is 0 Å². The summed E-state index contributed by atoms with van der Waals surface area (Å²) in [6, 6.07) is 9.84. The van der Waals surface area contributed by atoms with Crippen molar-refractivity contribution in [1.29, 1.82) is 0 Å². The number of nitrogens with one attached hydrogen (secondary N) is 1. The van der Waals surface area contributed by atoms with Gasteiger partial charge in [-0.15, -0.1) is 0 Å². The van der Waals surface area contributed by atoms with Crippen LogP contribution in [0.5, 0.6) is 5.75 Å². The standard InChI is InChI=1S/C15H17N3O/c1-2-4-13(5-3-1)19-9-7-15-17-11-12-10-16-8-6-14(12)18-15/h1-5,11,16H,6-10H2. The molecule has 1 aromatic carbocycles. The lowest BCUT2D eigenvalue weighted by molar-refractivity contribution is 0.318. The topological polar surface area (TPSA) is 47.0 Å². The lowest BCUT2D eigenvalue weighted by atomic mass is 10.1. The Bertz CT molecular complexity index is 542. The van der Waals surface area contributed by atoms with Gasteiger partial charge in [-0.05, 0) is 12.1 Å². The third-order valence-corrected chi connectivity index (χ3v) is 3.20. The molecule has 0 bridgehead atoms. The van der Waals surface area contributed by atoms with E-state index in [1.807, 2.05) is 36.5 Å². The molecule has 3 rings (SSSR count). The fraction of sp³-hybridized carbons (Fsp3) is 0.333. The monoisotopic (exact) mass is 255 g/mol. The van der Waals surface area contributed by atoms with E-state index in [0.29, 0.717) is 6.61 Å². The minimum absolute atomic E-state index is 0.612. The summed E-state index contributed by atoms with van der Waals surface area (Å²) in [5, 5.41) is 3.32. The van der Waals surface area contributed by atoms with Crippen LogP contribution in [0.25, 0.3) is 0 Å². The van der Waals surface area contributed by atoms with E-state index < -0.39 is 0 Å². The molecule has 4 heteroatoms. The summed E-state index contributed by atoms with van der Waals surface area (Å²) < 4.78 is 5.66. The van der Waals surface area contributed by atoms with Crippen molar-refractivity contribution in [3.8, 4) is 5.75 Å². The molecule has 1 aliphatic heterocycles. The number of fused-ring (bicyclic) bond motifs is 1. The number of nitrogens with zero attached hydrogens (tertiary/aromatic N) is 2. The molecule has 0 atom stereocenters. The van der Waals surface area contributed by atoms with Crippen molar-refractivity contribution in [2.75, 3.05) is 13.2 Å². The second-order valence-corrected chi connectivity index (χ2v) is 4.60. The Morgan fingerprint density at radius 1 is 1.21 bits per heavy atom. The van der Waals surface area contributed by atoms with Gasteiger partial charge in [0.05, 0.1) is 6.61 Å². The summed E-state index contributed by atoms with van der Waals surface area (Å²) in [5.74, 6) is 1.77. The minimum atomic E-state index is 0.612. The van der Waals surface area contributed by atoms with Gasteiger partial charge in [-0.2, -0.15) is 0 Å². The van der Waals surface area contributed by atoms with Gasteiger partial charge in [-0.25, -0.2) is 9.97 Å². The molecule has 0 saturated carbocycles. The lowest BCUT2D eigenvalue weighted by Gasteiger charge is -2.16. The van der Waals surface area contributed by atoms with E-state index in [0.717, 1.165) is 37.5 Å². The van der Waals surface area contributed by atoms with Crippen molar-refractivity contribution in [1.82, 2.24) is 15.3 Å². The maximum atomic E-state index is 5.66. The third kappa shape index (κ3) is 3.09. The molecule has 0 saturated heterocycles. The van der Waals surface area contributed by atoms with E-state index in [4.69, 9.17) is 4.74 Å². The van der Waals surface area contributed by atoms with Gasteiger partial charge in [0, 0.05) is 43.4 Å². The molecule has 2 aromatic rings. The Hall–Kier alpha value is -1.94. The number of benzene rings is 1. The second kappa shape index (κ2) is 5.80. The van der Waals surface area contributed by atoms with Crippen LogP contribution in [-0.2, 0) is 19.4 Å². The van der Waals surface area contributed by atoms with Crippen molar-refractivity contribution in [3.63, 3.8) is 0 Å². The Morgan fingerprint density at radius 3 is 3.00 bits per heavy atom. The summed E-state index contributed by atoms with van der Waals surface area (Å²) in [5.41, 5.74) is 2.41. The van der Waals surface area contributed by atoms with Gasteiger partial charge < -0.3 is 10.1 Å². The summed E-state index contributed by atoms with van der Waals surface area (Å²) in [6.45, 7) is 2.50. The quantitative estimate of drug-likeness (QED) is 0.904. The molecule has 1 aliphatic rings. The zero-order chi connectivity index (χ0) is 12.9. The van der Waals surface area contributed by atoms with Gasteiger partial charge in [0.1, 0.15) is 11.6 Å². The highest BCUT2D eigenvalue weighted by atomic mass is 16.5. The largest absolute Gasteiger partial charge is 0.493 e. The molecule has 4 nitrogen and oxygen atoms in total. The first-order chi connectivity index (χ1) is 9.42. The van der Waals surface area contributed by atoms with E-state index in [1.165, 1.54) is 11.3 Å². The van der Waals surface area contributed by atoms with Gasteiger partial charge in [0.15, 0.2) is 0 Å². The van der Waals surface area contributed by atoms with E-state index in [2.05, 4.69) is 15.3 Å². The summed E-state index contributed by atoms with van der Waals surface area (Å²) in [7, 11) is 0. The molecule has 0 fully saturated rings. The van der Waals surface area contributed by atoms with Gasteiger partial charge in [0.2, 0.25) is 0 Å². The molecule has 98 valence electrons. The molecule has 2 heterocycles. The van der Waals surface area contributed by atoms with Gasteiger partial charge in [-0.3, -0.25) is 0 Å².